The number of benzene rings is 1. The summed E-state index contributed by atoms with van der Waals surface area (Å²) in [4.78, 5) is 26.4. The molecule has 1 aliphatic rings. The highest BCUT2D eigenvalue weighted by Crippen LogP contribution is 2.35. The van der Waals surface area contributed by atoms with Crippen LogP contribution in [-0.4, -0.2) is 76.3 Å². The lowest BCUT2D eigenvalue weighted by atomic mass is 10.2. The minimum atomic E-state index is -1.49. The molecule has 1 amide bonds. The molecule has 37 heavy (non-hydrogen) atoms. The average Bonchev–Trinajstić information content (AvgIpc) is 3.54. The van der Waals surface area contributed by atoms with E-state index in [9.17, 15) is 4.79 Å². The van der Waals surface area contributed by atoms with Gasteiger partial charge in [-0.2, -0.15) is 9.97 Å². The van der Waals surface area contributed by atoms with Gasteiger partial charge in [0, 0.05) is 25.2 Å². The molecule has 11 heteroatoms. The number of carbonyl (C=O) groups is 1. The van der Waals surface area contributed by atoms with Crippen molar-refractivity contribution >= 4 is 30.8 Å². The SMILES string of the molecule is COc1nc(N2CCC(N(C)C)C2)nc(OC)c1NC(=O)c1ccc(Oc2cccc([Si](C)(C)C)c2)o1. The van der Waals surface area contributed by atoms with Crippen molar-refractivity contribution in [1.82, 2.24) is 14.9 Å². The van der Waals surface area contributed by atoms with Crippen LogP contribution in [0.1, 0.15) is 17.0 Å². The summed E-state index contributed by atoms with van der Waals surface area (Å²) in [6.07, 6.45) is 1.00. The maximum absolute atomic E-state index is 13.0. The lowest BCUT2D eigenvalue weighted by molar-refractivity contribution is 0.0990. The maximum atomic E-state index is 13.0. The second-order valence-corrected chi connectivity index (χ2v) is 15.3. The Bertz CT molecular complexity index is 1230. The first-order chi connectivity index (χ1) is 17.6. The summed E-state index contributed by atoms with van der Waals surface area (Å²) in [6, 6.07) is 11.5. The number of ether oxygens (including phenoxy) is 3. The zero-order valence-corrected chi connectivity index (χ0v) is 23.5. The van der Waals surface area contributed by atoms with E-state index < -0.39 is 14.0 Å². The van der Waals surface area contributed by atoms with Crippen LogP contribution in [0.2, 0.25) is 19.6 Å². The van der Waals surface area contributed by atoms with Gasteiger partial charge in [-0.05, 0) is 38.7 Å². The van der Waals surface area contributed by atoms with Crippen molar-refractivity contribution < 1.29 is 23.4 Å². The number of hydrogen-bond donors (Lipinski definition) is 1. The summed E-state index contributed by atoms with van der Waals surface area (Å²) in [6.45, 7) is 8.42. The first-order valence-corrected chi connectivity index (χ1v) is 15.7. The number of carbonyl (C=O) groups excluding carboxylic acids is 1. The Balaban J connectivity index is 1.50. The van der Waals surface area contributed by atoms with Crippen molar-refractivity contribution in [3.8, 4) is 23.5 Å². The number of aromatic nitrogens is 2. The number of hydrogen-bond acceptors (Lipinski definition) is 9. The molecule has 0 aliphatic carbocycles. The number of methoxy groups -OCH3 is 2. The third kappa shape index (κ3) is 6.05. The van der Waals surface area contributed by atoms with Crippen molar-refractivity contribution in [3.63, 3.8) is 0 Å². The van der Waals surface area contributed by atoms with Crippen LogP contribution in [0.3, 0.4) is 0 Å². The largest absolute Gasteiger partial charge is 0.479 e. The van der Waals surface area contributed by atoms with Gasteiger partial charge >= 0.3 is 0 Å². The van der Waals surface area contributed by atoms with E-state index in [-0.39, 0.29) is 29.2 Å². The Morgan fingerprint density at radius 3 is 2.41 bits per heavy atom. The number of nitrogens with zero attached hydrogens (tertiary/aromatic N) is 4. The fraction of sp³-hybridized carbons (Fsp3) is 0.423. The molecule has 1 saturated heterocycles. The summed E-state index contributed by atoms with van der Waals surface area (Å²) in [5.74, 6) is 1.33. The summed E-state index contributed by atoms with van der Waals surface area (Å²) in [7, 11) is 5.60. The molecule has 3 aromatic rings. The smallest absolute Gasteiger partial charge is 0.291 e. The van der Waals surface area contributed by atoms with Crippen molar-refractivity contribution in [1.29, 1.82) is 0 Å². The maximum Gasteiger partial charge on any atom is 0.291 e. The standard InChI is InChI=1S/C26H35N5O5Si/c1-30(2)17-13-14-31(16-17)26-28-24(33-3)22(25(29-26)34-4)27-23(32)20-11-12-21(36-20)35-18-9-8-10-19(15-18)37(5,6)7/h8-12,15,17H,13-14,16H2,1-7H3,(H,27,32). The molecular weight excluding hydrogens is 490 g/mol. The minimum Gasteiger partial charge on any atom is -0.479 e. The fourth-order valence-corrected chi connectivity index (χ4v) is 5.28. The van der Waals surface area contributed by atoms with Crippen LogP contribution in [-0.2, 0) is 0 Å². The van der Waals surface area contributed by atoms with E-state index in [4.69, 9.17) is 18.6 Å². The number of amides is 1. The fourth-order valence-electron chi connectivity index (χ4n) is 4.11. The van der Waals surface area contributed by atoms with Crippen LogP contribution in [0.4, 0.5) is 11.6 Å². The molecule has 0 saturated carbocycles. The van der Waals surface area contributed by atoms with Gasteiger partial charge in [-0.15, -0.1) is 0 Å². The first-order valence-electron chi connectivity index (χ1n) is 12.2. The highest BCUT2D eigenvalue weighted by atomic mass is 28.3. The monoisotopic (exact) mass is 525 g/mol. The van der Waals surface area contributed by atoms with E-state index in [1.54, 1.807) is 12.1 Å². The van der Waals surface area contributed by atoms with Gasteiger partial charge in [-0.3, -0.25) is 4.79 Å². The third-order valence-electron chi connectivity index (χ3n) is 6.36. The molecule has 3 heterocycles. The second kappa shape index (κ2) is 10.8. The Labute approximate surface area is 218 Å². The normalized spacial score (nSPS) is 15.7. The van der Waals surface area contributed by atoms with E-state index >= 15 is 0 Å². The van der Waals surface area contributed by atoms with Gasteiger partial charge in [0.1, 0.15) is 5.75 Å². The molecule has 1 unspecified atom stereocenters. The van der Waals surface area contributed by atoms with E-state index in [1.807, 2.05) is 18.2 Å². The molecule has 198 valence electrons. The summed E-state index contributed by atoms with van der Waals surface area (Å²) >= 11 is 0. The molecule has 1 aliphatic heterocycles. The van der Waals surface area contributed by atoms with Gasteiger partial charge in [-0.25, -0.2) is 0 Å². The third-order valence-corrected chi connectivity index (χ3v) is 8.40. The van der Waals surface area contributed by atoms with Gasteiger partial charge in [-0.1, -0.05) is 37.0 Å². The van der Waals surface area contributed by atoms with Crippen LogP contribution >= 0.6 is 0 Å². The molecule has 10 nitrogen and oxygen atoms in total. The Kier molecular flexibility index (Phi) is 7.74. The van der Waals surface area contributed by atoms with Crippen LogP contribution in [0.15, 0.2) is 40.8 Å². The van der Waals surface area contributed by atoms with Crippen molar-refractivity contribution in [2.24, 2.45) is 0 Å². The predicted molar refractivity (Wildman–Crippen MR) is 146 cm³/mol. The molecule has 0 spiro atoms. The Hall–Kier alpha value is -3.57. The number of nitrogens with one attached hydrogen (secondary N) is 1. The zero-order chi connectivity index (χ0) is 26.7. The van der Waals surface area contributed by atoms with Crippen molar-refractivity contribution in [2.45, 2.75) is 32.1 Å². The molecule has 1 N–H and O–H groups in total. The number of likely N-dealkylation sites (N-methyl/N-ethyl adjacent to an activating group) is 1. The topological polar surface area (TPSA) is 102 Å². The Morgan fingerprint density at radius 2 is 1.81 bits per heavy atom. The second-order valence-electron chi connectivity index (χ2n) is 10.2. The van der Waals surface area contributed by atoms with Gasteiger partial charge in [0.2, 0.25) is 17.7 Å². The molecule has 1 atom stereocenters. The summed E-state index contributed by atoms with van der Waals surface area (Å²) in [5.41, 5.74) is 0.226. The van der Waals surface area contributed by atoms with Crippen LogP contribution in [0.25, 0.3) is 0 Å². The van der Waals surface area contributed by atoms with E-state index in [1.165, 1.54) is 19.4 Å². The highest BCUT2D eigenvalue weighted by Gasteiger charge is 2.29. The number of furan rings is 1. The number of rotatable bonds is 9. The molecule has 1 aromatic carbocycles. The van der Waals surface area contributed by atoms with Gasteiger partial charge < -0.3 is 33.7 Å². The van der Waals surface area contributed by atoms with E-state index in [2.05, 4.69) is 64.9 Å². The van der Waals surface area contributed by atoms with Crippen LogP contribution < -0.4 is 29.6 Å². The lowest BCUT2D eigenvalue weighted by Crippen LogP contribution is -2.37. The molecule has 1 fully saturated rings. The molecule has 0 radical (unpaired) electrons. The highest BCUT2D eigenvalue weighted by molar-refractivity contribution is 6.88. The minimum absolute atomic E-state index is 0.0675. The average molecular weight is 526 g/mol. The lowest BCUT2D eigenvalue weighted by Gasteiger charge is -2.21. The number of anilines is 2. The van der Waals surface area contributed by atoms with Crippen molar-refractivity contribution in [2.75, 3.05) is 51.6 Å². The molecular formula is C26H35N5O5Si. The zero-order valence-electron chi connectivity index (χ0n) is 22.5. The van der Waals surface area contributed by atoms with E-state index in [0.717, 1.165) is 19.5 Å². The van der Waals surface area contributed by atoms with Gasteiger partial charge in [0.25, 0.3) is 11.9 Å². The Morgan fingerprint density at radius 1 is 1.11 bits per heavy atom. The van der Waals surface area contributed by atoms with Crippen molar-refractivity contribution in [3.05, 3.63) is 42.2 Å². The molecule has 0 bridgehead atoms. The summed E-state index contributed by atoms with van der Waals surface area (Å²) in [5, 5.41) is 4.03. The molecule has 2 aromatic heterocycles. The van der Waals surface area contributed by atoms with Crippen LogP contribution in [0.5, 0.6) is 23.5 Å². The van der Waals surface area contributed by atoms with Gasteiger partial charge in [0.05, 0.1) is 22.3 Å². The molecule has 4 rings (SSSR count). The quantitative estimate of drug-likeness (QED) is 0.418. The first kappa shape index (κ1) is 26.5. The van der Waals surface area contributed by atoms with E-state index in [0.29, 0.717) is 17.7 Å². The predicted octanol–water partition coefficient (Wildman–Crippen LogP) is 3.82. The van der Waals surface area contributed by atoms with Crippen LogP contribution in [0, 0.1) is 0 Å². The van der Waals surface area contributed by atoms with Gasteiger partial charge in [0.15, 0.2) is 11.4 Å². The summed E-state index contributed by atoms with van der Waals surface area (Å²) < 4.78 is 22.5.